The summed E-state index contributed by atoms with van der Waals surface area (Å²) in [6, 6.07) is 2.92. The molecule has 1 unspecified atom stereocenters. The fourth-order valence-corrected chi connectivity index (χ4v) is 5.45. The third kappa shape index (κ3) is 2.82. The summed E-state index contributed by atoms with van der Waals surface area (Å²) in [7, 11) is -3.58. The number of nitrogens with zero attached hydrogens (tertiary/aromatic N) is 2. The van der Waals surface area contributed by atoms with Gasteiger partial charge in [0.25, 0.3) is 10.0 Å². The zero-order chi connectivity index (χ0) is 14.8. The van der Waals surface area contributed by atoms with Crippen LogP contribution in [0, 0.1) is 0 Å². The van der Waals surface area contributed by atoms with Crippen molar-refractivity contribution in [2.24, 2.45) is 10.9 Å². The van der Waals surface area contributed by atoms with E-state index in [1.54, 1.807) is 6.07 Å². The minimum absolute atomic E-state index is 0.0412. The van der Waals surface area contributed by atoms with E-state index >= 15 is 0 Å². The highest BCUT2D eigenvalue weighted by Crippen LogP contribution is 2.30. The van der Waals surface area contributed by atoms with Gasteiger partial charge in [0.2, 0.25) is 0 Å². The molecule has 2 heterocycles. The average molecular weight is 317 g/mol. The van der Waals surface area contributed by atoms with E-state index in [9.17, 15) is 8.42 Å². The molecule has 3 N–H and O–H groups in total. The van der Waals surface area contributed by atoms with Gasteiger partial charge in [0.1, 0.15) is 4.21 Å². The van der Waals surface area contributed by atoms with Crippen LogP contribution in [0.4, 0.5) is 0 Å². The van der Waals surface area contributed by atoms with Crippen molar-refractivity contribution in [1.82, 2.24) is 4.31 Å². The Hall–Kier alpha value is -1.12. The number of aryl methyl sites for hydroxylation is 1. The van der Waals surface area contributed by atoms with Crippen molar-refractivity contribution in [3.8, 4) is 0 Å². The van der Waals surface area contributed by atoms with Gasteiger partial charge in [-0.05, 0) is 31.4 Å². The summed E-state index contributed by atoms with van der Waals surface area (Å²) in [6.07, 6.45) is 3.06. The largest absolute Gasteiger partial charge is 0.409 e. The minimum atomic E-state index is -3.58. The zero-order valence-electron chi connectivity index (χ0n) is 11.3. The SMILES string of the molecule is CCc1ccc(S(=O)(=O)N2CCCCC2C(N)=NO)s1. The summed E-state index contributed by atoms with van der Waals surface area (Å²) in [5.74, 6) is -0.0412. The molecule has 1 atom stereocenters. The maximum atomic E-state index is 12.7. The maximum Gasteiger partial charge on any atom is 0.253 e. The molecule has 1 saturated heterocycles. The topological polar surface area (TPSA) is 96.0 Å². The van der Waals surface area contributed by atoms with Crippen molar-refractivity contribution in [1.29, 1.82) is 0 Å². The molecule has 0 radical (unpaired) electrons. The first-order valence-corrected chi connectivity index (χ1v) is 8.84. The number of amidine groups is 1. The van der Waals surface area contributed by atoms with E-state index in [1.807, 2.05) is 13.0 Å². The highest BCUT2D eigenvalue weighted by molar-refractivity contribution is 7.91. The summed E-state index contributed by atoms with van der Waals surface area (Å²) >= 11 is 1.28. The van der Waals surface area contributed by atoms with E-state index in [0.717, 1.165) is 24.1 Å². The number of thiophene rings is 1. The molecule has 1 aliphatic rings. The van der Waals surface area contributed by atoms with E-state index in [-0.39, 0.29) is 5.84 Å². The molecule has 1 aliphatic heterocycles. The van der Waals surface area contributed by atoms with Crippen LogP contribution in [0.1, 0.15) is 31.1 Å². The Morgan fingerprint density at radius 2 is 2.30 bits per heavy atom. The van der Waals surface area contributed by atoms with Crippen molar-refractivity contribution >= 4 is 27.2 Å². The minimum Gasteiger partial charge on any atom is -0.409 e. The number of hydrogen-bond donors (Lipinski definition) is 2. The second-order valence-electron chi connectivity index (χ2n) is 4.73. The summed E-state index contributed by atoms with van der Waals surface area (Å²) in [5.41, 5.74) is 5.64. The number of oxime groups is 1. The lowest BCUT2D eigenvalue weighted by atomic mass is 10.0. The second kappa shape index (κ2) is 6.11. The van der Waals surface area contributed by atoms with Crippen molar-refractivity contribution < 1.29 is 13.6 Å². The highest BCUT2D eigenvalue weighted by atomic mass is 32.2. The highest BCUT2D eigenvalue weighted by Gasteiger charge is 2.36. The second-order valence-corrected chi connectivity index (χ2v) is 8.01. The van der Waals surface area contributed by atoms with Gasteiger partial charge in [0, 0.05) is 11.4 Å². The Kier molecular flexibility index (Phi) is 4.66. The molecular weight excluding hydrogens is 298 g/mol. The fraction of sp³-hybridized carbons (Fsp3) is 0.583. The number of hydrogen-bond acceptors (Lipinski definition) is 5. The first-order chi connectivity index (χ1) is 9.50. The molecule has 0 aromatic carbocycles. The predicted octanol–water partition coefficient (Wildman–Crippen LogP) is 1.60. The van der Waals surface area contributed by atoms with Gasteiger partial charge >= 0.3 is 0 Å². The standard InChI is InChI=1S/C12H19N3O3S2/c1-2-9-6-7-11(19-9)20(17,18)15-8-4-3-5-10(15)12(13)14-16/h6-7,10,16H,2-5,8H2,1H3,(H2,13,14). The van der Waals surface area contributed by atoms with Crippen LogP contribution in [0.5, 0.6) is 0 Å². The van der Waals surface area contributed by atoms with Crippen LogP contribution in [-0.2, 0) is 16.4 Å². The van der Waals surface area contributed by atoms with Crippen molar-refractivity contribution in [3.63, 3.8) is 0 Å². The number of nitrogens with two attached hydrogens (primary N) is 1. The molecule has 1 aromatic rings. The summed E-state index contributed by atoms with van der Waals surface area (Å²) < 4.78 is 27.1. The van der Waals surface area contributed by atoms with Crippen molar-refractivity contribution in [2.45, 2.75) is 42.9 Å². The number of sulfonamides is 1. The van der Waals surface area contributed by atoms with E-state index in [2.05, 4.69) is 5.16 Å². The molecule has 20 heavy (non-hydrogen) atoms. The molecule has 1 fully saturated rings. The first kappa shape index (κ1) is 15.3. The molecule has 0 bridgehead atoms. The molecule has 8 heteroatoms. The lowest BCUT2D eigenvalue weighted by molar-refractivity contribution is 0.281. The van der Waals surface area contributed by atoms with Gasteiger partial charge in [-0.1, -0.05) is 18.5 Å². The van der Waals surface area contributed by atoms with Gasteiger partial charge < -0.3 is 10.9 Å². The van der Waals surface area contributed by atoms with Gasteiger partial charge in [0.05, 0.1) is 6.04 Å². The van der Waals surface area contributed by atoms with Gasteiger partial charge in [-0.2, -0.15) is 4.31 Å². The Morgan fingerprint density at radius 1 is 1.55 bits per heavy atom. The van der Waals surface area contributed by atoms with Crippen LogP contribution in [0.2, 0.25) is 0 Å². The first-order valence-electron chi connectivity index (χ1n) is 6.58. The van der Waals surface area contributed by atoms with Crippen LogP contribution in [-0.4, -0.2) is 36.4 Å². The molecule has 0 aliphatic carbocycles. The average Bonchev–Trinajstić information content (AvgIpc) is 2.96. The van der Waals surface area contributed by atoms with E-state index in [1.165, 1.54) is 15.6 Å². The van der Waals surface area contributed by atoms with Gasteiger partial charge in [-0.25, -0.2) is 8.42 Å². The van der Waals surface area contributed by atoms with E-state index < -0.39 is 16.1 Å². The van der Waals surface area contributed by atoms with Gasteiger partial charge in [0.15, 0.2) is 5.84 Å². The molecule has 112 valence electrons. The monoisotopic (exact) mass is 317 g/mol. The van der Waals surface area contributed by atoms with Crippen LogP contribution in [0.25, 0.3) is 0 Å². The molecule has 0 spiro atoms. The van der Waals surface area contributed by atoms with Crippen molar-refractivity contribution in [3.05, 3.63) is 17.0 Å². The van der Waals surface area contributed by atoms with Crippen molar-refractivity contribution in [2.75, 3.05) is 6.54 Å². The summed E-state index contributed by atoms with van der Waals surface area (Å²) in [6.45, 7) is 2.39. The van der Waals surface area contributed by atoms with Gasteiger partial charge in [-0.3, -0.25) is 0 Å². The van der Waals surface area contributed by atoms with E-state index in [0.29, 0.717) is 17.2 Å². The Labute approximate surface area is 122 Å². The van der Waals surface area contributed by atoms with Crippen LogP contribution >= 0.6 is 11.3 Å². The maximum absolute atomic E-state index is 12.7. The predicted molar refractivity (Wildman–Crippen MR) is 78.6 cm³/mol. The molecule has 2 rings (SSSR count). The lowest BCUT2D eigenvalue weighted by Gasteiger charge is -2.33. The van der Waals surface area contributed by atoms with Crippen LogP contribution in [0.15, 0.2) is 21.5 Å². The third-order valence-corrected chi connectivity index (χ3v) is 7.06. The van der Waals surface area contributed by atoms with Crippen LogP contribution in [0.3, 0.4) is 0 Å². The third-order valence-electron chi connectivity index (χ3n) is 3.46. The molecule has 0 saturated carbocycles. The Balaban J connectivity index is 2.35. The normalized spacial score (nSPS) is 22.1. The molecule has 0 amide bonds. The van der Waals surface area contributed by atoms with E-state index in [4.69, 9.17) is 10.9 Å². The number of rotatable bonds is 4. The smallest absolute Gasteiger partial charge is 0.253 e. The summed E-state index contributed by atoms with van der Waals surface area (Å²) in [4.78, 5) is 1.03. The van der Waals surface area contributed by atoms with Gasteiger partial charge in [-0.15, -0.1) is 11.3 Å². The zero-order valence-corrected chi connectivity index (χ0v) is 13.0. The Bertz CT molecular complexity index is 595. The Morgan fingerprint density at radius 3 is 2.90 bits per heavy atom. The fourth-order valence-electron chi connectivity index (χ4n) is 2.36. The molecule has 1 aromatic heterocycles. The molecular formula is C12H19N3O3S2. The molecule has 6 nitrogen and oxygen atoms in total. The lowest BCUT2D eigenvalue weighted by Crippen LogP contribution is -2.50. The number of piperidine rings is 1. The quantitative estimate of drug-likeness (QED) is 0.381. The van der Waals surface area contributed by atoms with Crippen LogP contribution < -0.4 is 5.73 Å². The summed E-state index contributed by atoms with van der Waals surface area (Å²) in [5, 5.41) is 11.8.